The first-order chi connectivity index (χ1) is 12.3. The Morgan fingerprint density at radius 3 is 2.72 bits per heavy atom. The number of urea groups is 1. The van der Waals surface area contributed by atoms with Crippen LogP contribution >= 0.6 is 0 Å². The molecule has 25 heavy (non-hydrogen) atoms. The number of amides is 2. The fourth-order valence-corrected chi connectivity index (χ4v) is 3.97. The molecule has 1 saturated heterocycles. The minimum atomic E-state index is -0.0112. The molecule has 1 fully saturated rings. The molecule has 2 aliphatic heterocycles. The molecule has 132 valence electrons. The summed E-state index contributed by atoms with van der Waals surface area (Å²) < 4.78 is 5.64. The number of para-hydroxylation sites is 1. The van der Waals surface area contributed by atoms with E-state index in [-0.39, 0.29) is 12.1 Å². The second-order valence-corrected chi connectivity index (χ2v) is 6.84. The number of anilines is 1. The lowest BCUT2D eigenvalue weighted by atomic mass is 10.0. The number of nitrogens with one attached hydrogen (secondary N) is 1. The predicted octanol–water partition coefficient (Wildman–Crippen LogP) is 3.58. The van der Waals surface area contributed by atoms with Gasteiger partial charge in [0.1, 0.15) is 5.76 Å². The summed E-state index contributed by atoms with van der Waals surface area (Å²) in [6, 6.07) is 12.2. The van der Waals surface area contributed by atoms with E-state index in [1.807, 2.05) is 35.2 Å². The average molecular weight is 339 g/mol. The molecular formula is C20H25N3O2. The van der Waals surface area contributed by atoms with Gasteiger partial charge in [0.15, 0.2) is 0 Å². The number of furan rings is 1. The van der Waals surface area contributed by atoms with Gasteiger partial charge < -0.3 is 9.73 Å². The normalized spacial score (nSPS) is 18.8. The third kappa shape index (κ3) is 3.42. The molecule has 3 heterocycles. The maximum absolute atomic E-state index is 12.8. The van der Waals surface area contributed by atoms with Crippen molar-refractivity contribution in [2.45, 2.75) is 31.7 Å². The zero-order chi connectivity index (χ0) is 17.1. The molecule has 5 heteroatoms. The molecular weight excluding hydrogens is 314 g/mol. The largest absolute Gasteiger partial charge is 0.468 e. The SMILES string of the molecule is O=C(NC[C@H](c1ccco1)N1CCCC1)N1CCCc2ccccc21. The molecule has 0 unspecified atom stereocenters. The van der Waals surface area contributed by atoms with Crippen molar-refractivity contribution in [2.24, 2.45) is 0 Å². The number of carbonyl (C=O) groups is 1. The molecule has 2 aliphatic rings. The van der Waals surface area contributed by atoms with Gasteiger partial charge in [-0.2, -0.15) is 0 Å². The second kappa shape index (κ2) is 7.31. The van der Waals surface area contributed by atoms with Gasteiger partial charge in [0.2, 0.25) is 0 Å². The van der Waals surface area contributed by atoms with Gasteiger partial charge >= 0.3 is 6.03 Å². The van der Waals surface area contributed by atoms with E-state index in [2.05, 4.69) is 16.3 Å². The summed E-state index contributed by atoms with van der Waals surface area (Å²) in [5.41, 5.74) is 2.30. The van der Waals surface area contributed by atoms with E-state index in [1.54, 1.807) is 6.26 Å². The summed E-state index contributed by atoms with van der Waals surface area (Å²) in [4.78, 5) is 17.1. The third-order valence-corrected chi connectivity index (χ3v) is 5.26. The van der Waals surface area contributed by atoms with Crippen LogP contribution in [0.1, 0.15) is 36.6 Å². The van der Waals surface area contributed by atoms with E-state index in [4.69, 9.17) is 4.42 Å². The van der Waals surface area contributed by atoms with Crippen molar-refractivity contribution >= 4 is 11.7 Å². The highest BCUT2D eigenvalue weighted by Gasteiger charge is 2.28. The number of hydrogen-bond acceptors (Lipinski definition) is 3. The van der Waals surface area contributed by atoms with Crippen molar-refractivity contribution in [2.75, 3.05) is 31.1 Å². The van der Waals surface area contributed by atoms with E-state index in [1.165, 1.54) is 18.4 Å². The number of carbonyl (C=O) groups excluding carboxylic acids is 1. The molecule has 0 saturated carbocycles. The summed E-state index contributed by atoms with van der Waals surface area (Å²) in [6.45, 7) is 3.48. The molecule has 0 aliphatic carbocycles. The van der Waals surface area contributed by atoms with E-state index >= 15 is 0 Å². The first kappa shape index (κ1) is 16.2. The van der Waals surface area contributed by atoms with Crippen molar-refractivity contribution in [1.29, 1.82) is 0 Å². The lowest BCUT2D eigenvalue weighted by Gasteiger charge is -2.31. The number of fused-ring (bicyclic) bond motifs is 1. The Morgan fingerprint density at radius 2 is 1.92 bits per heavy atom. The monoisotopic (exact) mass is 339 g/mol. The lowest BCUT2D eigenvalue weighted by Crippen LogP contribution is -2.45. The highest BCUT2D eigenvalue weighted by atomic mass is 16.3. The molecule has 0 spiro atoms. The number of benzene rings is 1. The van der Waals surface area contributed by atoms with Gasteiger partial charge in [-0.3, -0.25) is 9.80 Å². The van der Waals surface area contributed by atoms with E-state index in [0.717, 1.165) is 43.9 Å². The summed E-state index contributed by atoms with van der Waals surface area (Å²) in [6.07, 6.45) is 6.19. The van der Waals surface area contributed by atoms with Crippen LogP contribution < -0.4 is 10.2 Å². The highest BCUT2D eigenvalue weighted by molar-refractivity contribution is 5.93. The van der Waals surface area contributed by atoms with Gasteiger partial charge in [0.05, 0.1) is 12.3 Å². The molecule has 1 N–H and O–H groups in total. The molecule has 1 aromatic carbocycles. The molecule has 0 radical (unpaired) electrons. The number of likely N-dealkylation sites (tertiary alicyclic amines) is 1. The Balaban J connectivity index is 1.45. The second-order valence-electron chi connectivity index (χ2n) is 6.84. The van der Waals surface area contributed by atoms with Gasteiger partial charge in [0.25, 0.3) is 0 Å². The van der Waals surface area contributed by atoms with E-state index < -0.39 is 0 Å². The van der Waals surface area contributed by atoms with E-state index in [0.29, 0.717) is 6.54 Å². The summed E-state index contributed by atoms with van der Waals surface area (Å²) in [5.74, 6) is 0.932. The van der Waals surface area contributed by atoms with Crippen LogP contribution in [0.3, 0.4) is 0 Å². The summed E-state index contributed by atoms with van der Waals surface area (Å²) in [7, 11) is 0. The quantitative estimate of drug-likeness (QED) is 0.926. The molecule has 5 nitrogen and oxygen atoms in total. The van der Waals surface area contributed by atoms with Crippen molar-refractivity contribution in [1.82, 2.24) is 10.2 Å². The Bertz CT molecular complexity index is 707. The Morgan fingerprint density at radius 1 is 1.08 bits per heavy atom. The van der Waals surface area contributed by atoms with Gasteiger partial charge in [-0.25, -0.2) is 4.79 Å². The number of aryl methyl sites for hydroxylation is 1. The zero-order valence-electron chi connectivity index (χ0n) is 14.5. The van der Waals surface area contributed by atoms with Crippen LogP contribution in [-0.4, -0.2) is 37.1 Å². The standard InChI is InChI=1S/C20H25N3O2/c24-20(23-13-5-8-16-7-1-2-9-17(16)23)21-15-18(19-10-6-14-25-19)22-11-3-4-12-22/h1-2,6-7,9-10,14,18H,3-5,8,11-13,15H2,(H,21,24)/t18-/m1/s1. The molecule has 0 bridgehead atoms. The number of hydrogen-bond donors (Lipinski definition) is 1. The molecule has 2 amide bonds. The van der Waals surface area contributed by atoms with Crippen molar-refractivity contribution < 1.29 is 9.21 Å². The maximum Gasteiger partial charge on any atom is 0.321 e. The Kier molecular flexibility index (Phi) is 4.74. The van der Waals surface area contributed by atoms with E-state index in [9.17, 15) is 4.79 Å². The van der Waals surface area contributed by atoms with Crippen molar-refractivity contribution in [3.8, 4) is 0 Å². The van der Waals surface area contributed by atoms with Gasteiger partial charge in [-0.1, -0.05) is 18.2 Å². The van der Waals surface area contributed by atoms with Crippen LogP contribution in [0, 0.1) is 0 Å². The zero-order valence-corrected chi connectivity index (χ0v) is 14.5. The van der Waals surface area contributed by atoms with Crippen LogP contribution in [0.2, 0.25) is 0 Å². The fraction of sp³-hybridized carbons (Fsp3) is 0.450. The van der Waals surface area contributed by atoms with Crippen LogP contribution in [-0.2, 0) is 6.42 Å². The molecule has 1 aromatic heterocycles. The Hall–Kier alpha value is -2.27. The molecule has 4 rings (SSSR count). The van der Waals surface area contributed by atoms with Crippen LogP contribution in [0.25, 0.3) is 0 Å². The van der Waals surface area contributed by atoms with Gasteiger partial charge in [-0.05, 0) is 62.5 Å². The van der Waals surface area contributed by atoms with Crippen LogP contribution in [0.15, 0.2) is 47.1 Å². The first-order valence-electron chi connectivity index (χ1n) is 9.23. The van der Waals surface area contributed by atoms with Gasteiger partial charge in [-0.15, -0.1) is 0 Å². The van der Waals surface area contributed by atoms with Crippen LogP contribution in [0.5, 0.6) is 0 Å². The number of rotatable bonds is 4. The van der Waals surface area contributed by atoms with Crippen molar-refractivity contribution in [3.05, 3.63) is 54.0 Å². The summed E-state index contributed by atoms with van der Waals surface area (Å²) >= 11 is 0. The fourth-order valence-electron chi connectivity index (χ4n) is 3.97. The number of nitrogens with zero attached hydrogens (tertiary/aromatic N) is 2. The highest BCUT2D eigenvalue weighted by Crippen LogP contribution is 2.28. The smallest absolute Gasteiger partial charge is 0.321 e. The first-order valence-corrected chi connectivity index (χ1v) is 9.23. The minimum absolute atomic E-state index is 0.0112. The molecule has 2 aromatic rings. The maximum atomic E-state index is 12.8. The topological polar surface area (TPSA) is 48.7 Å². The van der Waals surface area contributed by atoms with Crippen molar-refractivity contribution in [3.63, 3.8) is 0 Å². The molecule has 1 atom stereocenters. The van der Waals surface area contributed by atoms with Crippen LogP contribution in [0.4, 0.5) is 10.5 Å². The third-order valence-electron chi connectivity index (χ3n) is 5.26. The Labute approximate surface area is 148 Å². The minimum Gasteiger partial charge on any atom is -0.468 e. The average Bonchev–Trinajstić information content (AvgIpc) is 3.36. The lowest BCUT2D eigenvalue weighted by molar-refractivity contribution is 0.205. The summed E-state index contributed by atoms with van der Waals surface area (Å²) in [5, 5.41) is 3.14. The predicted molar refractivity (Wildman–Crippen MR) is 97.8 cm³/mol. The van der Waals surface area contributed by atoms with Gasteiger partial charge in [0, 0.05) is 18.8 Å².